The normalized spacial score (nSPS) is 18.1. The van der Waals surface area contributed by atoms with Gasteiger partial charge in [0.25, 0.3) is 0 Å². The van der Waals surface area contributed by atoms with Gasteiger partial charge in [0.1, 0.15) is 11.4 Å². The molecule has 2 aromatic rings. The van der Waals surface area contributed by atoms with Gasteiger partial charge in [0, 0.05) is 43.1 Å². The number of H-pyrrole nitrogens is 1. The molecule has 0 bridgehead atoms. The first-order valence-electron chi connectivity index (χ1n) is 8.77. The molecule has 0 unspecified atom stereocenters. The Morgan fingerprint density at radius 2 is 2.04 bits per heavy atom. The fourth-order valence-corrected chi connectivity index (χ4v) is 3.15. The highest BCUT2D eigenvalue weighted by Crippen LogP contribution is 2.28. The number of carbonyl (C=O) groups is 1. The zero-order valence-corrected chi connectivity index (χ0v) is 15.6. The molecular weight excluding hydrogens is 335 g/mol. The predicted octanol–water partition coefficient (Wildman–Crippen LogP) is 3.66. The number of carbonyl (C=O) groups excluding carboxylic acids is 1. The number of piperazine rings is 1. The number of rotatable bonds is 2. The van der Waals surface area contributed by atoms with Crippen molar-refractivity contribution >= 4 is 11.8 Å². The molecule has 140 valence electrons. The van der Waals surface area contributed by atoms with Crippen LogP contribution in [0, 0.1) is 5.82 Å². The number of nitrogens with zero attached hydrogens (tertiary/aromatic N) is 3. The van der Waals surface area contributed by atoms with E-state index in [0.29, 0.717) is 19.6 Å². The summed E-state index contributed by atoms with van der Waals surface area (Å²) in [7, 11) is 0. The zero-order valence-electron chi connectivity index (χ0n) is 15.6. The first-order valence-corrected chi connectivity index (χ1v) is 8.77. The van der Waals surface area contributed by atoms with Gasteiger partial charge in [-0.3, -0.25) is 5.10 Å². The third-order valence-electron chi connectivity index (χ3n) is 4.32. The molecule has 0 spiro atoms. The largest absolute Gasteiger partial charge is 0.444 e. The maximum atomic E-state index is 14.2. The van der Waals surface area contributed by atoms with Gasteiger partial charge >= 0.3 is 6.09 Å². The van der Waals surface area contributed by atoms with E-state index in [4.69, 9.17) is 4.74 Å². The number of benzene rings is 1. The van der Waals surface area contributed by atoms with Gasteiger partial charge < -0.3 is 14.5 Å². The van der Waals surface area contributed by atoms with Crippen molar-refractivity contribution in [1.82, 2.24) is 15.1 Å². The van der Waals surface area contributed by atoms with Crippen LogP contribution in [0.3, 0.4) is 0 Å². The molecule has 2 heterocycles. The van der Waals surface area contributed by atoms with Crippen molar-refractivity contribution in [2.24, 2.45) is 0 Å². The number of hydrogen-bond donors (Lipinski definition) is 1. The Balaban J connectivity index is 1.75. The second kappa shape index (κ2) is 6.97. The van der Waals surface area contributed by atoms with Gasteiger partial charge in [0.15, 0.2) is 0 Å². The second-order valence-electron chi connectivity index (χ2n) is 7.65. The summed E-state index contributed by atoms with van der Waals surface area (Å²) in [5.41, 5.74) is 1.90. The Bertz CT molecular complexity index is 770. The summed E-state index contributed by atoms with van der Waals surface area (Å²) in [6.45, 7) is 9.29. The second-order valence-corrected chi connectivity index (χ2v) is 7.65. The molecule has 0 saturated carbocycles. The lowest BCUT2D eigenvalue weighted by atomic mass is 10.1. The van der Waals surface area contributed by atoms with E-state index in [9.17, 15) is 9.18 Å². The zero-order chi connectivity index (χ0) is 18.9. The summed E-state index contributed by atoms with van der Waals surface area (Å²) < 4.78 is 19.6. The van der Waals surface area contributed by atoms with Gasteiger partial charge in [-0.25, -0.2) is 9.18 Å². The molecule has 26 heavy (non-hydrogen) atoms. The summed E-state index contributed by atoms with van der Waals surface area (Å²) in [5.74, 6) is -0.291. The third-order valence-corrected chi connectivity index (χ3v) is 4.32. The van der Waals surface area contributed by atoms with Crippen molar-refractivity contribution in [3.63, 3.8) is 0 Å². The van der Waals surface area contributed by atoms with E-state index in [1.54, 1.807) is 17.3 Å². The summed E-state index contributed by atoms with van der Waals surface area (Å²) in [4.78, 5) is 16.1. The van der Waals surface area contributed by atoms with Crippen LogP contribution in [0.15, 0.2) is 30.6 Å². The van der Waals surface area contributed by atoms with E-state index in [1.165, 1.54) is 12.1 Å². The van der Waals surface area contributed by atoms with E-state index >= 15 is 0 Å². The van der Waals surface area contributed by atoms with Crippen LogP contribution >= 0.6 is 0 Å². The summed E-state index contributed by atoms with van der Waals surface area (Å²) in [5, 5.41) is 6.67. The SMILES string of the molecule is C[C@H]1CN(C(=O)OC(C)(C)C)CCN1c1cc(F)cc(-c2cn[nH]c2)c1. The minimum Gasteiger partial charge on any atom is -0.444 e. The maximum Gasteiger partial charge on any atom is 0.410 e. The van der Waals surface area contributed by atoms with Crippen LogP contribution in [0.25, 0.3) is 11.1 Å². The van der Waals surface area contributed by atoms with Crippen LogP contribution < -0.4 is 4.90 Å². The fourth-order valence-electron chi connectivity index (χ4n) is 3.15. The molecule has 1 saturated heterocycles. The molecule has 3 rings (SSSR count). The number of aromatic amines is 1. The molecule has 1 amide bonds. The van der Waals surface area contributed by atoms with E-state index in [-0.39, 0.29) is 18.0 Å². The van der Waals surface area contributed by atoms with Gasteiger partial charge in [-0.05, 0) is 51.5 Å². The van der Waals surface area contributed by atoms with Crippen LogP contribution in [-0.4, -0.2) is 52.5 Å². The van der Waals surface area contributed by atoms with Crippen molar-refractivity contribution in [1.29, 1.82) is 0 Å². The van der Waals surface area contributed by atoms with E-state index in [1.807, 2.05) is 33.8 Å². The minimum absolute atomic E-state index is 0.0512. The van der Waals surface area contributed by atoms with E-state index in [2.05, 4.69) is 15.1 Å². The molecule has 1 fully saturated rings. The standard InChI is InChI=1S/C19H25FN4O2/c1-13-12-23(18(25)26-19(2,3)4)5-6-24(13)17-8-14(7-16(20)9-17)15-10-21-22-11-15/h7-11,13H,5-6,12H2,1-4H3,(H,21,22)/t13-/m0/s1. The Morgan fingerprint density at radius 1 is 1.27 bits per heavy atom. The summed E-state index contributed by atoms with van der Waals surface area (Å²) >= 11 is 0. The maximum absolute atomic E-state index is 14.2. The monoisotopic (exact) mass is 360 g/mol. The molecule has 1 aromatic carbocycles. The van der Waals surface area contributed by atoms with E-state index in [0.717, 1.165) is 16.8 Å². The molecule has 1 atom stereocenters. The summed E-state index contributed by atoms with van der Waals surface area (Å²) in [6.07, 6.45) is 3.10. The van der Waals surface area contributed by atoms with Crippen LogP contribution in [0.4, 0.5) is 14.9 Å². The number of amides is 1. The molecule has 7 heteroatoms. The highest BCUT2D eigenvalue weighted by atomic mass is 19.1. The molecule has 1 aliphatic rings. The molecule has 1 N–H and O–H groups in total. The van der Waals surface area contributed by atoms with Gasteiger partial charge in [0.2, 0.25) is 0 Å². The van der Waals surface area contributed by atoms with Crippen LogP contribution in [0.1, 0.15) is 27.7 Å². The lowest BCUT2D eigenvalue weighted by Gasteiger charge is -2.41. The molecule has 0 aliphatic carbocycles. The summed E-state index contributed by atoms with van der Waals surface area (Å²) in [6, 6.07) is 5.03. The van der Waals surface area contributed by atoms with Crippen molar-refractivity contribution in [2.45, 2.75) is 39.3 Å². The average molecular weight is 360 g/mol. The molecule has 6 nitrogen and oxygen atoms in total. The van der Waals surface area contributed by atoms with Crippen LogP contribution in [-0.2, 0) is 4.74 Å². The lowest BCUT2D eigenvalue weighted by molar-refractivity contribution is 0.0219. The smallest absolute Gasteiger partial charge is 0.410 e. The highest BCUT2D eigenvalue weighted by molar-refractivity contribution is 5.70. The van der Waals surface area contributed by atoms with Crippen molar-refractivity contribution in [2.75, 3.05) is 24.5 Å². The van der Waals surface area contributed by atoms with Crippen LogP contribution in [0.5, 0.6) is 0 Å². The first kappa shape index (κ1) is 18.2. The number of anilines is 1. The Labute approximate surface area is 152 Å². The fraction of sp³-hybridized carbons (Fsp3) is 0.474. The first-order chi connectivity index (χ1) is 12.2. The Hall–Kier alpha value is -2.57. The van der Waals surface area contributed by atoms with Gasteiger partial charge in [-0.15, -0.1) is 0 Å². The van der Waals surface area contributed by atoms with Crippen molar-refractivity contribution in [3.05, 3.63) is 36.4 Å². The number of halogens is 1. The topological polar surface area (TPSA) is 61.5 Å². The van der Waals surface area contributed by atoms with E-state index < -0.39 is 5.60 Å². The number of aromatic nitrogens is 2. The Morgan fingerprint density at radius 3 is 2.65 bits per heavy atom. The number of ether oxygens (including phenoxy) is 1. The van der Waals surface area contributed by atoms with Crippen molar-refractivity contribution in [3.8, 4) is 11.1 Å². The minimum atomic E-state index is -0.514. The number of hydrogen-bond acceptors (Lipinski definition) is 4. The molecule has 1 aliphatic heterocycles. The van der Waals surface area contributed by atoms with Gasteiger partial charge in [-0.1, -0.05) is 0 Å². The third kappa shape index (κ3) is 4.15. The quantitative estimate of drug-likeness (QED) is 0.888. The lowest BCUT2D eigenvalue weighted by Crippen LogP contribution is -2.54. The van der Waals surface area contributed by atoms with Crippen molar-refractivity contribution < 1.29 is 13.9 Å². The van der Waals surface area contributed by atoms with Gasteiger partial charge in [0.05, 0.1) is 6.20 Å². The predicted molar refractivity (Wildman–Crippen MR) is 98.6 cm³/mol. The highest BCUT2D eigenvalue weighted by Gasteiger charge is 2.30. The molecule has 1 aromatic heterocycles. The molecule has 0 radical (unpaired) electrons. The Kier molecular flexibility index (Phi) is 4.89. The number of nitrogens with one attached hydrogen (secondary N) is 1. The van der Waals surface area contributed by atoms with Gasteiger partial charge in [-0.2, -0.15) is 5.10 Å². The average Bonchev–Trinajstić information content (AvgIpc) is 3.07. The van der Waals surface area contributed by atoms with Crippen LogP contribution in [0.2, 0.25) is 0 Å². The molecular formula is C19H25FN4O2.